The number of hydrogen-bond acceptors (Lipinski definition) is 6. The van der Waals surface area contributed by atoms with Crippen LogP contribution in [0.25, 0.3) is 10.8 Å². The molecule has 0 radical (unpaired) electrons. The molecule has 7 heteroatoms. The van der Waals surface area contributed by atoms with Crippen molar-refractivity contribution in [3.8, 4) is 11.5 Å². The van der Waals surface area contributed by atoms with Crippen LogP contribution in [0.3, 0.4) is 0 Å². The molecular formula is C20H26N4O3. The number of rotatable bonds is 6. The number of piperazine rings is 1. The second kappa shape index (κ2) is 8.10. The molecule has 1 aromatic heterocycles. The van der Waals surface area contributed by atoms with Gasteiger partial charge >= 0.3 is 0 Å². The summed E-state index contributed by atoms with van der Waals surface area (Å²) in [6.07, 6.45) is 2.60. The molecule has 27 heavy (non-hydrogen) atoms. The van der Waals surface area contributed by atoms with Gasteiger partial charge in [-0.1, -0.05) is 6.92 Å². The van der Waals surface area contributed by atoms with Gasteiger partial charge in [0.05, 0.1) is 0 Å². The molecule has 0 atom stereocenters. The molecule has 2 aliphatic rings. The maximum atomic E-state index is 12.6. The zero-order valence-corrected chi connectivity index (χ0v) is 15.7. The lowest BCUT2D eigenvalue weighted by molar-refractivity contribution is 0.0945. The van der Waals surface area contributed by atoms with Gasteiger partial charge in [0.25, 0.3) is 5.91 Å². The van der Waals surface area contributed by atoms with E-state index in [9.17, 15) is 4.79 Å². The van der Waals surface area contributed by atoms with Gasteiger partial charge in [0.1, 0.15) is 5.69 Å². The van der Waals surface area contributed by atoms with Gasteiger partial charge in [0.15, 0.2) is 11.5 Å². The summed E-state index contributed by atoms with van der Waals surface area (Å²) < 4.78 is 10.8. The van der Waals surface area contributed by atoms with E-state index in [2.05, 4.69) is 27.0 Å². The third kappa shape index (κ3) is 3.99. The highest BCUT2D eigenvalue weighted by Crippen LogP contribution is 2.36. The summed E-state index contributed by atoms with van der Waals surface area (Å²) in [6.45, 7) is 9.71. The lowest BCUT2D eigenvalue weighted by Gasteiger charge is -2.33. The summed E-state index contributed by atoms with van der Waals surface area (Å²) in [4.78, 5) is 21.9. The van der Waals surface area contributed by atoms with Crippen molar-refractivity contribution in [3.05, 3.63) is 30.1 Å². The van der Waals surface area contributed by atoms with E-state index < -0.39 is 0 Å². The normalized spacial score (nSPS) is 17.4. The summed E-state index contributed by atoms with van der Waals surface area (Å²) in [5.41, 5.74) is 0.433. The van der Waals surface area contributed by atoms with Crippen LogP contribution >= 0.6 is 0 Å². The summed E-state index contributed by atoms with van der Waals surface area (Å²) in [6, 6.07) is 5.61. The number of nitrogens with one attached hydrogen (secondary N) is 1. The third-order valence-electron chi connectivity index (χ3n) is 5.32. The molecule has 0 unspecified atom stereocenters. The van der Waals surface area contributed by atoms with Gasteiger partial charge in [-0.25, -0.2) is 0 Å². The SMILES string of the molecule is CCN1CCN(CCCNC(=O)c2nccc3cc4c(cc23)OCO4)CC1. The fourth-order valence-corrected chi connectivity index (χ4v) is 3.66. The van der Waals surface area contributed by atoms with Crippen LogP contribution in [0.1, 0.15) is 23.8 Å². The zero-order valence-electron chi connectivity index (χ0n) is 15.7. The average molecular weight is 370 g/mol. The second-order valence-corrected chi connectivity index (χ2v) is 6.97. The molecule has 2 aromatic rings. The fraction of sp³-hybridized carbons (Fsp3) is 0.500. The molecule has 1 amide bonds. The molecular weight excluding hydrogens is 344 g/mol. The van der Waals surface area contributed by atoms with Crippen molar-refractivity contribution >= 4 is 16.7 Å². The first-order chi connectivity index (χ1) is 13.2. The minimum Gasteiger partial charge on any atom is -0.454 e. The van der Waals surface area contributed by atoms with E-state index in [0.29, 0.717) is 23.7 Å². The predicted octanol–water partition coefficient (Wildman–Crippen LogP) is 1.72. The van der Waals surface area contributed by atoms with Crippen molar-refractivity contribution in [1.82, 2.24) is 20.1 Å². The Hall–Kier alpha value is -2.38. The van der Waals surface area contributed by atoms with Crippen molar-refractivity contribution in [2.75, 3.05) is 52.6 Å². The number of amides is 1. The largest absolute Gasteiger partial charge is 0.454 e. The Labute approximate surface area is 159 Å². The van der Waals surface area contributed by atoms with Gasteiger partial charge in [0.2, 0.25) is 6.79 Å². The number of ether oxygens (including phenoxy) is 2. The molecule has 1 saturated heterocycles. The number of aromatic nitrogens is 1. The Morgan fingerprint density at radius 3 is 2.67 bits per heavy atom. The van der Waals surface area contributed by atoms with Crippen molar-refractivity contribution in [3.63, 3.8) is 0 Å². The standard InChI is InChI=1S/C20H26N4O3/c1-2-23-8-10-24(11-9-23)7-3-5-22-20(25)19-16-13-18-17(26-14-27-18)12-15(16)4-6-21-19/h4,6,12-13H,2-3,5,7-11,14H2,1H3,(H,22,25). The van der Waals surface area contributed by atoms with Crippen LogP contribution in [0, 0.1) is 0 Å². The highest BCUT2D eigenvalue weighted by molar-refractivity contribution is 6.06. The van der Waals surface area contributed by atoms with Crippen molar-refractivity contribution in [2.45, 2.75) is 13.3 Å². The topological polar surface area (TPSA) is 66.9 Å². The van der Waals surface area contributed by atoms with Crippen LogP contribution < -0.4 is 14.8 Å². The van der Waals surface area contributed by atoms with E-state index >= 15 is 0 Å². The Morgan fingerprint density at radius 1 is 1.15 bits per heavy atom. The molecule has 7 nitrogen and oxygen atoms in total. The third-order valence-corrected chi connectivity index (χ3v) is 5.32. The minimum atomic E-state index is -0.143. The van der Waals surface area contributed by atoms with Crippen molar-refractivity contribution < 1.29 is 14.3 Å². The quantitative estimate of drug-likeness (QED) is 0.781. The van der Waals surface area contributed by atoms with Gasteiger partial charge in [-0.05, 0) is 43.1 Å². The molecule has 1 N–H and O–H groups in total. The van der Waals surface area contributed by atoms with Crippen LogP contribution in [0.5, 0.6) is 11.5 Å². The first kappa shape index (κ1) is 18.0. The molecule has 4 rings (SSSR count). The monoisotopic (exact) mass is 370 g/mol. The first-order valence-corrected chi connectivity index (χ1v) is 9.66. The van der Waals surface area contributed by atoms with Gasteiger partial charge in [-0.15, -0.1) is 0 Å². The molecule has 0 aliphatic carbocycles. The van der Waals surface area contributed by atoms with E-state index in [1.165, 1.54) is 0 Å². The Kier molecular flexibility index (Phi) is 5.40. The minimum absolute atomic E-state index is 0.143. The zero-order chi connectivity index (χ0) is 18.6. The Morgan fingerprint density at radius 2 is 1.89 bits per heavy atom. The number of benzene rings is 1. The lowest BCUT2D eigenvalue weighted by Crippen LogP contribution is -2.46. The van der Waals surface area contributed by atoms with E-state index in [1.54, 1.807) is 6.20 Å². The molecule has 144 valence electrons. The summed E-state index contributed by atoms with van der Waals surface area (Å²) in [7, 11) is 0. The summed E-state index contributed by atoms with van der Waals surface area (Å²) in [5.74, 6) is 1.23. The van der Waals surface area contributed by atoms with Crippen LogP contribution in [-0.4, -0.2) is 73.3 Å². The Bertz CT molecular complexity index is 818. The number of hydrogen-bond donors (Lipinski definition) is 1. The average Bonchev–Trinajstić information content (AvgIpc) is 3.16. The van der Waals surface area contributed by atoms with Crippen LogP contribution in [0.15, 0.2) is 24.4 Å². The molecule has 0 spiro atoms. The van der Waals surface area contributed by atoms with Gasteiger partial charge in [-0.3, -0.25) is 9.78 Å². The highest BCUT2D eigenvalue weighted by Gasteiger charge is 2.19. The van der Waals surface area contributed by atoms with E-state index in [1.807, 2.05) is 18.2 Å². The first-order valence-electron chi connectivity index (χ1n) is 9.66. The molecule has 2 aliphatic heterocycles. The highest BCUT2D eigenvalue weighted by atomic mass is 16.7. The smallest absolute Gasteiger partial charge is 0.270 e. The fourth-order valence-electron chi connectivity index (χ4n) is 3.66. The number of carbonyl (C=O) groups excluding carboxylic acids is 1. The number of fused-ring (bicyclic) bond motifs is 2. The van der Waals surface area contributed by atoms with Crippen LogP contribution in [0.2, 0.25) is 0 Å². The van der Waals surface area contributed by atoms with Gasteiger partial charge in [0, 0.05) is 44.3 Å². The van der Waals surface area contributed by atoms with Gasteiger partial charge in [-0.2, -0.15) is 0 Å². The predicted molar refractivity (Wildman–Crippen MR) is 103 cm³/mol. The molecule has 1 aromatic carbocycles. The molecule has 0 bridgehead atoms. The van der Waals surface area contributed by atoms with Crippen molar-refractivity contribution in [1.29, 1.82) is 0 Å². The van der Waals surface area contributed by atoms with Crippen molar-refractivity contribution in [2.24, 2.45) is 0 Å². The number of nitrogens with zero attached hydrogens (tertiary/aromatic N) is 3. The van der Waals surface area contributed by atoms with Gasteiger partial charge < -0.3 is 24.6 Å². The van der Waals surface area contributed by atoms with Crippen LogP contribution in [-0.2, 0) is 0 Å². The summed E-state index contributed by atoms with van der Waals surface area (Å²) in [5, 5.41) is 4.72. The maximum absolute atomic E-state index is 12.6. The lowest BCUT2D eigenvalue weighted by atomic mass is 10.1. The van der Waals surface area contributed by atoms with E-state index in [-0.39, 0.29) is 12.7 Å². The second-order valence-electron chi connectivity index (χ2n) is 6.97. The number of likely N-dealkylation sites (N-methyl/N-ethyl adjacent to an activating group) is 1. The van der Waals surface area contributed by atoms with Crippen LogP contribution in [0.4, 0.5) is 0 Å². The van der Waals surface area contributed by atoms with E-state index in [0.717, 1.165) is 56.5 Å². The number of pyridine rings is 1. The van der Waals surface area contributed by atoms with E-state index in [4.69, 9.17) is 9.47 Å². The molecule has 3 heterocycles. The summed E-state index contributed by atoms with van der Waals surface area (Å²) >= 11 is 0. The maximum Gasteiger partial charge on any atom is 0.270 e. The Balaban J connectivity index is 1.32. The molecule has 0 saturated carbocycles. The number of carbonyl (C=O) groups is 1. The molecule has 1 fully saturated rings.